The van der Waals surface area contributed by atoms with E-state index in [2.05, 4.69) is 46.7 Å². The Labute approximate surface area is 71.8 Å². The maximum atomic E-state index is 2.31. The van der Waals surface area contributed by atoms with Gasteiger partial charge in [0, 0.05) is 6.54 Å². The van der Waals surface area contributed by atoms with Gasteiger partial charge in [-0.3, -0.25) is 0 Å². The number of rotatable bonds is 4. The van der Waals surface area contributed by atoms with Crippen LogP contribution >= 0.6 is 0 Å². The van der Waals surface area contributed by atoms with Gasteiger partial charge in [0.15, 0.2) is 0 Å². The normalized spacial score (nSPS) is 12.5. The molecule has 68 valence electrons. The summed E-state index contributed by atoms with van der Waals surface area (Å²) in [7, 11) is 4.30. The predicted octanol–water partition coefficient (Wildman–Crippen LogP) is 2.48. The van der Waals surface area contributed by atoms with Crippen LogP contribution in [0.1, 0.15) is 27.7 Å². The van der Waals surface area contributed by atoms with Gasteiger partial charge >= 0.3 is 0 Å². The second-order valence-electron chi connectivity index (χ2n) is 4.41. The predicted molar refractivity (Wildman–Crippen MR) is 51.7 cm³/mol. The molecular formula is C10H23N. The molecular weight excluding hydrogens is 134 g/mol. The fraction of sp³-hybridized carbons (Fsp3) is 1.00. The van der Waals surface area contributed by atoms with Crippen LogP contribution in [-0.2, 0) is 0 Å². The summed E-state index contributed by atoms with van der Waals surface area (Å²) in [5, 5.41) is 0. The Hall–Kier alpha value is -0.0400. The minimum atomic E-state index is 0.803. The minimum absolute atomic E-state index is 0.803. The zero-order chi connectivity index (χ0) is 9.02. The second kappa shape index (κ2) is 4.76. The molecule has 0 aromatic rings. The lowest BCUT2D eigenvalue weighted by molar-refractivity contribution is 0.212. The van der Waals surface area contributed by atoms with Gasteiger partial charge in [-0.15, -0.1) is 0 Å². The van der Waals surface area contributed by atoms with Gasteiger partial charge in [-0.1, -0.05) is 27.7 Å². The summed E-state index contributed by atoms with van der Waals surface area (Å²) < 4.78 is 0. The van der Waals surface area contributed by atoms with Gasteiger partial charge in [0.2, 0.25) is 0 Å². The molecule has 0 radical (unpaired) electrons. The van der Waals surface area contributed by atoms with Crippen LogP contribution in [0.4, 0.5) is 0 Å². The molecule has 0 aliphatic heterocycles. The van der Waals surface area contributed by atoms with Crippen molar-refractivity contribution in [3.63, 3.8) is 0 Å². The lowest BCUT2D eigenvalue weighted by Crippen LogP contribution is -2.28. The maximum absolute atomic E-state index is 2.31. The zero-order valence-corrected chi connectivity index (χ0v) is 8.89. The Kier molecular flexibility index (Phi) is 4.74. The summed E-state index contributed by atoms with van der Waals surface area (Å²) in [5.74, 6) is 2.44. The van der Waals surface area contributed by atoms with Crippen molar-refractivity contribution in [1.29, 1.82) is 0 Å². The Morgan fingerprint density at radius 1 is 0.909 bits per heavy atom. The first-order valence-corrected chi connectivity index (χ1v) is 4.59. The summed E-state index contributed by atoms with van der Waals surface area (Å²) in [6.07, 6.45) is 0. The van der Waals surface area contributed by atoms with E-state index in [1.54, 1.807) is 0 Å². The quantitative estimate of drug-likeness (QED) is 0.606. The van der Waals surface area contributed by atoms with E-state index in [9.17, 15) is 0 Å². The largest absolute Gasteiger partial charge is 0.309 e. The molecule has 1 nitrogen and oxygen atoms in total. The molecule has 1 heteroatoms. The standard InChI is InChI=1S/C10H23N/c1-8(2)10(9(3)4)7-11(5)6/h8-10H,7H2,1-6H3. The van der Waals surface area contributed by atoms with Gasteiger partial charge < -0.3 is 4.90 Å². The monoisotopic (exact) mass is 157 g/mol. The van der Waals surface area contributed by atoms with Gasteiger partial charge in [-0.2, -0.15) is 0 Å². The lowest BCUT2D eigenvalue weighted by Gasteiger charge is -2.27. The third-order valence-corrected chi connectivity index (χ3v) is 2.29. The maximum Gasteiger partial charge on any atom is 0.000845 e. The molecule has 0 saturated carbocycles. The molecule has 0 amide bonds. The van der Waals surface area contributed by atoms with Crippen molar-refractivity contribution < 1.29 is 0 Å². The SMILES string of the molecule is CC(C)C(CN(C)C)C(C)C. The highest BCUT2D eigenvalue weighted by Crippen LogP contribution is 2.20. The van der Waals surface area contributed by atoms with Crippen molar-refractivity contribution >= 4 is 0 Å². The Bertz CT molecular complexity index is 87.0. The smallest absolute Gasteiger partial charge is 0.000845 e. The van der Waals surface area contributed by atoms with E-state index in [4.69, 9.17) is 0 Å². The number of hydrogen-bond acceptors (Lipinski definition) is 1. The van der Waals surface area contributed by atoms with Gasteiger partial charge in [-0.05, 0) is 31.8 Å². The third-order valence-electron chi connectivity index (χ3n) is 2.29. The first-order valence-electron chi connectivity index (χ1n) is 4.59. The molecule has 0 unspecified atom stereocenters. The molecule has 0 aromatic carbocycles. The lowest BCUT2D eigenvalue weighted by atomic mass is 9.85. The molecule has 0 spiro atoms. The molecule has 0 saturated heterocycles. The van der Waals surface area contributed by atoms with E-state index in [0.717, 1.165) is 17.8 Å². The van der Waals surface area contributed by atoms with Crippen molar-refractivity contribution in [2.45, 2.75) is 27.7 Å². The van der Waals surface area contributed by atoms with Crippen molar-refractivity contribution in [2.75, 3.05) is 20.6 Å². The van der Waals surface area contributed by atoms with Crippen LogP contribution in [0, 0.1) is 17.8 Å². The van der Waals surface area contributed by atoms with Crippen LogP contribution in [0.25, 0.3) is 0 Å². The van der Waals surface area contributed by atoms with E-state index in [0.29, 0.717) is 0 Å². The first-order chi connectivity index (χ1) is 4.95. The fourth-order valence-electron chi connectivity index (χ4n) is 1.61. The molecule has 0 atom stereocenters. The van der Waals surface area contributed by atoms with Crippen LogP contribution in [0.5, 0.6) is 0 Å². The Morgan fingerprint density at radius 3 is 1.36 bits per heavy atom. The minimum Gasteiger partial charge on any atom is -0.309 e. The third kappa shape index (κ3) is 4.41. The highest BCUT2D eigenvalue weighted by Gasteiger charge is 2.17. The molecule has 0 fully saturated rings. The molecule has 0 aliphatic carbocycles. The van der Waals surface area contributed by atoms with Gasteiger partial charge in [-0.25, -0.2) is 0 Å². The zero-order valence-electron chi connectivity index (χ0n) is 8.89. The number of nitrogens with zero attached hydrogens (tertiary/aromatic N) is 1. The second-order valence-corrected chi connectivity index (χ2v) is 4.41. The summed E-state index contributed by atoms with van der Waals surface area (Å²) in [6.45, 7) is 10.5. The van der Waals surface area contributed by atoms with E-state index < -0.39 is 0 Å². The van der Waals surface area contributed by atoms with Crippen molar-refractivity contribution in [1.82, 2.24) is 4.90 Å². The van der Waals surface area contributed by atoms with Crippen LogP contribution in [0.2, 0.25) is 0 Å². The van der Waals surface area contributed by atoms with Gasteiger partial charge in [0.25, 0.3) is 0 Å². The fourth-order valence-corrected chi connectivity index (χ4v) is 1.61. The van der Waals surface area contributed by atoms with E-state index in [1.165, 1.54) is 6.54 Å². The summed E-state index contributed by atoms with van der Waals surface area (Å²) in [6, 6.07) is 0. The van der Waals surface area contributed by atoms with Crippen LogP contribution in [-0.4, -0.2) is 25.5 Å². The Balaban J connectivity index is 3.90. The van der Waals surface area contributed by atoms with E-state index >= 15 is 0 Å². The summed E-state index contributed by atoms with van der Waals surface area (Å²) in [4.78, 5) is 2.28. The molecule has 11 heavy (non-hydrogen) atoms. The first kappa shape index (κ1) is 11.0. The molecule has 0 aliphatic rings. The molecule has 0 bridgehead atoms. The summed E-state index contributed by atoms with van der Waals surface area (Å²) >= 11 is 0. The number of hydrogen-bond donors (Lipinski definition) is 0. The van der Waals surface area contributed by atoms with E-state index in [1.807, 2.05) is 0 Å². The summed E-state index contributed by atoms with van der Waals surface area (Å²) in [5.41, 5.74) is 0. The molecule has 0 rings (SSSR count). The van der Waals surface area contributed by atoms with Crippen molar-refractivity contribution in [3.05, 3.63) is 0 Å². The van der Waals surface area contributed by atoms with Crippen LogP contribution in [0.3, 0.4) is 0 Å². The highest BCUT2D eigenvalue weighted by molar-refractivity contribution is 4.68. The van der Waals surface area contributed by atoms with Crippen molar-refractivity contribution in [3.8, 4) is 0 Å². The molecule has 0 N–H and O–H groups in total. The topological polar surface area (TPSA) is 3.24 Å². The highest BCUT2D eigenvalue weighted by atomic mass is 15.1. The van der Waals surface area contributed by atoms with Crippen molar-refractivity contribution in [2.24, 2.45) is 17.8 Å². The van der Waals surface area contributed by atoms with Gasteiger partial charge in [0.1, 0.15) is 0 Å². The molecule has 0 heterocycles. The van der Waals surface area contributed by atoms with Gasteiger partial charge in [0.05, 0.1) is 0 Å². The Morgan fingerprint density at radius 2 is 1.27 bits per heavy atom. The van der Waals surface area contributed by atoms with Crippen LogP contribution < -0.4 is 0 Å². The molecule has 0 aromatic heterocycles. The average Bonchev–Trinajstić information content (AvgIpc) is 1.81. The average molecular weight is 157 g/mol. The van der Waals surface area contributed by atoms with Crippen LogP contribution in [0.15, 0.2) is 0 Å². The van der Waals surface area contributed by atoms with E-state index in [-0.39, 0.29) is 0 Å².